The van der Waals surface area contributed by atoms with Gasteiger partial charge in [-0.15, -0.1) is 0 Å². The average molecular weight is 727 g/mol. The summed E-state index contributed by atoms with van der Waals surface area (Å²) in [6.45, 7) is 0.592. The van der Waals surface area contributed by atoms with Crippen molar-refractivity contribution >= 4 is 38.8 Å². The standard InChI is InChI=1S/C37H32F2N6O6S/c1-37(35(48)49,44-52(50,51)26-14-12-25(13-15-26)24-10-6-3-7-11-24)43-34(47)29-22-45(19-16-23-8-4-2-5-9-23)32-27(33(29)46)20-30(38)28(31(32)39)21-42-36-40-17-18-41-36/h2-15,17-18,20,22,44H,16,19,21H2,1H3,(H,43,47)(H,48,49)(H2,40,41,42). The molecular weight excluding hydrogens is 695 g/mol. The maximum Gasteiger partial charge on any atom is 0.345 e. The maximum absolute atomic E-state index is 16.2. The summed E-state index contributed by atoms with van der Waals surface area (Å²) in [5.41, 5.74) is -2.72. The number of aryl methyl sites for hydroxylation is 2. The molecule has 1 unspecified atom stereocenters. The third-order valence-corrected chi connectivity index (χ3v) is 9.98. The van der Waals surface area contributed by atoms with Crippen molar-refractivity contribution in [2.24, 2.45) is 0 Å². The third-order valence-electron chi connectivity index (χ3n) is 8.41. The van der Waals surface area contributed by atoms with Crippen molar-refractivity contribution in [3.05, 3.63) is 148 Å². The number of aromatic nitrogens is 3. The molecule has 0 radical (unpaired) electrons. The Bertz CT molecular complexity index is 2430. The molecule has 266 valence electrons. The smallest absolute Gasteiger partial charge is 0.345 e. The summed E-state index contributed by atoms with van der Waals surface area (Å²) in [5, 5.41) is 14.5. The minimum atomic E-state index is -4.56. The number of hydrogen-bond acceptors (Lipinski definition) is 7. The highest BCUT2D eigenvalue weighted by molar-refractivity contribution is 7.89. The molecule has 52 heavy (non-hydrogen) atoms. The van der Waals surface area contributed by atoms with E-state index in [9.17, 15) is 27.9 Å². The zero-order valence-electron chi connectivity index (χ0n) is 27.6. The number of aliphatic carboxylic acids is 1. The summed E-state index contributed by atoms with van der Waals surface area (Å²) >= 11 is 0. The lowest BCUT2D eigenvalue weighted by molar-refractivity contribution is -0.144. The number of halogens is 2. The number of carbonyl (C=O) groups excluding carboxylic acids is 1. The van der Waals surface area contributed by atoms with Crippen LogP contribution in [0, 0.1) is 11.6 Å². The molecule has 0 bridgehead atoms. The number of carboxylic acid groups (broad SMARTS) is 1. The summed E-state index contributed by atoms with van der Waals surface area (Å²) in [6.07, 6.45) is 4.33. The molecule has 0 aliphatic heterocycles. The van der Waals surface area contributed by atoms with E-state index in [1.165, 1.54) is 29.1 Å². The predicted octanol–water partition coefficient (Wildman–Crippen LogP) is 5.03. The van der Waals surface area contributed by atoms with Gasteiger partial charge in [0.2, 0.25) is 21.1 Å². The number of carbonyl (C=O) groups is 2. The molecule has 6 rings (SSSR count). The Morgan fingerprint density at radius 1 is 0.962 bits per heavy atom. The van der Waals surface area contributed by atoms with E-state index < -0.39 is 61.1 Å². The van der Waals surface area contributed by atoms with Crippen LogP contribution in [0.25, 0.3) is 22.0 Å². The van der Waals surface area contributed by atoms with Crippen LogP contribution in [0.2, 0.25) is 0 Å². The van der Waals surface area contributed by atoms with Crippen molar-refractivity contribution in [1.82, 2.24) is 24.6 Å². The van der Waals surface area contributed by atoms with E-state index in [1.807, 2.05) is 53.3 Å². The summed E-state index contributed by atoms with van der Waals surface area (Å²) in [4.78, 5) is 46.4. The number of imidazole rings is 1. The van der Waals surface area contributed by atoms with Crippen molar-refractivity contribution < 1.29 is 31.9 Å². The van der Waals surface area contributed by atoms with Gasteiger partial charge in [0.25, 0.3) is 5.91 Å². The van der Waals surface area contributed by atoms with Crippen molar-refractivity contribution in [1.29, 1.82) is 0 Å². The van der Waals surface area contributed by atoms with Gasteiger partial charge in [0.05, 0.1) is 15.8 Å². The SMILES string of the molecule is CC(NC(=O)c1cn(CCc2ccccc2)c2c(F)c(CNc3ncc[nH]3)c(F)cc2c1=O)(NS(=O)(=O)c1ccc(-c2ccccc2)cc1)C(=O)O. The van der Waals surface area contributed by atoms with Crippen molar-refractivity contribution in [3.63, 3.8) is 0 Å². The summed E-state index contributed by atoms with van der Waals surface area (Å²) < 4.78 is 61.7. The highest BCUT2D eigenvalue weighted by Crippen LogP contribution is 2.25. The molecule has 0 saturated heterocycles. The second-order valence-corrected chi connectivity index (χ2v) is 13.7. The highest BCUT2D eigenvalue weighted by Gasteiger charge is 2.40. The first kappa shape index (κ1) is 35.6. The molecule has 0 aliphatic rings. The molecule has 15 heteroatoms. The lowest BCUT2D eigenvalue weighted by atomic mass is 10.0. The lowest BCUT2D eigenvalue weighted by Gasteiger charge is -2.27. The zero-order valence-corrected chi connectivity index (χ0v) is 28.4. The molecule has 5 N–H and O–H groups in total. The van der Waals surface area contributed by atoms with Gasteiger partial charge >= 0.3 is 5.97 Å². The number of hydrogen-bond donors (Lipinski definition) is 5. The Labute approximate surface area is 296 Å². The number of amides is 1. The van der Waals surface area contributed by atoms with Crippen LogP contribution in [0.3, 0.4) is 0 Å². The first-order valence-electron chi connectivity index (χ1n) is 15.9. The van der Waals surface area contributed by atoms with Gasteiger partial charge in [0, 0.05) is 37.2 Å². The quantitative estimate of drug-likeness (QED) is 0.103. The number of H-pyrrole nitrogens is 1. The fourth-order valence-corrected chi connectivity index (χ4v) is 6.94. The minimum Gasteiger partial charge on any atom is -0.478 e. The Morgan fingerprint density at radius 3 is 2.25 bits per heavy atom. The number of nitrogens with zero attached hydrogens (tertiary/aromatic N) is 2. The van der Waals surface area contributed by atoms with Gasteiger partial charge in [-0.25, -0.2) is 27.0 Å². The molecular formula is C37H32F2N6O6S. The molecule has 1 atom stereocenters. The lowest BCUT2D eigenvalue weighted by Crippen LogP contribution is -2.63. The van der Waals surface area contributed by atoms with Crippen LogP contribution in [-0.2, 0) is 34.3 Å². The van der Waals surface area contributed by atoms with Crippen LogP contribution in [0.5, 0.6) is 0 Å². The molecule has 0 aliphatic carbocycles. The van der Waals surface area contributed by atoms with Crippen LogP contribution >= 0.6 is 0 Å². The van der Waals surface area contributed by atoms with Crippen LogP contribution in [-0.4, -0.2) is 45.6 Å². The van der Waals surface area contributed by atoms with E-state index in [4.69, 9.17) is 0 Å². The number of benzene rings is 4. The molecule has 2 heterocycles. The number of fused-ring (bicyclic) bond motifs is 1. The largest absolute Gasteiger partial charge is 0.478 e. The summed E-state index contributed by atoms with van der Waals surface area (Å²) in [7, 11) is -4.56. The number of carboxylic acids is 1. The van der Waals surface area contributed by atoms with Gasteiger partial charge < -0.3 is 25.3 Å². The van der Waals surface area contributed by atoms with Gasteiger partial charge in [-0.05, 0) is 48.2 Å². The van der Waals surface area contributed by atoms with Gasteiger partial charge in [-0.3, -0.25) is 9.59 Å². The molecule has 12 nitrogen and oxygen atoms in total. The van der Waals surface area contributed by atoms with E-state index >= 15 is 8.78 Å². The monoisotopic (exact) mass is 726 g/mol. The van der Waals surface area contributed by atoms with Crippen LogP contribution in [0.15, 0.2) is 119 Å². The van der Waals surface area contributed by atoms with Crippen LogP contribution in [0.4, 0.5) is 14.7 Å². The van der Waals surface area contributed by atoms with Crippen LogP contribution in [0.1, 0.15) is 28.4 Å². The Kier molecular flexibility index (Phi) is 9.99. The fraction of sp³-hybridized carbons (Fsp3) is 0.135. The number of aromatic amines is 1. The number of nitrogens with one attached hydrogen (secondary N) is 4. The summed E-state index contributed by atoms with van der Waals surface area (Å²) in [5.74, 6) is -4.95. The highest BCUT2D eigenvalue weighted by atomic mass is 32.2. The molecule has 4 aromatic carbocycles. The van der Waals surface area contributed by atoms with E-state index in [0.29, 0.717) is 12.0 Å². The number of anilines is 1. The van der Waals surface area contributed by atoms with Gasteiger partial charge in [-0.1, -0.05) is 72.8 Å². The molecule has 0 saturated carbocycles. The van der Waals surface area contributed by atoms with Crippen molar-refractivity contribution in [2.75, 3.05) is 5.32 Å². The zero-order chi connectivity index (χ0) is 37.0. The number of sulfonamides is 1. The Morgan fingerprint density at radius 2 is 1.62 bits per heavy atom. The van der Waals surface area contributed by atoms with Crippen molar-refractivity contribution in [2.45, 2.75) is 37.0 Å². The van der Waals surface area contributed by atoms with Crippen LogP contribution < -0.4 is 20.8 Å². The molecule has 2 aromatic heterocycles. The summed E-state index contributed by atoms with van der Waals surface area (Å²) in [6, 6.07) is 24.7. The van der Waals surface area contributed by atoms with E-state index in [1.54, 1.807) is 24.3 Å². The van der Waals surface area contributed by atoms with Gasteiger partial charge in [0.1, 0.15) is 11.4 Å². The second-order valence-electron chi connectivity index (χ2n) is 12.0. The third kappa shape index (κ3) is 7.45. The second kappa shape index (κ2) is 14.6. The van der Waals surface area contributed by atoms with Gasteiger partial charge in [0.15, 0.2) is 11.8 Å². The maximum atomic E-state index is 16.2. The predicted molar refractivity (Wildman–Crippen MR) is 190 cm³/mol. The minimum absolute atomic E-state index is 0.0243. The average Bonchev–Trinajstić information content (AvgIpc) is 3.66. The molecule has 1 amide bonds. The normalized spacial score (nSPS) is 12.7. The molecule has 0 spiro atoms. The molecule has 6 aromatic rings. The number of pyridine rings is 1. The Hall–Kier alpha value is -6.19. The fourth-order valence-electron chi connectivity index (χ4n) is 5.66. The van der Waals surface area contributed by atoms with Gasteiger partial charge in [-0.2, -0.15) is 4.72 Å². The first-order chi connectivity index (χ1) is 24.9. The number of rotatable bonds is 13. The van der Waals surface area contributed by atoms with Crippen molar-refractivity contribution in [3.8, 4) is 11.1 Å². The first-order valence-corrected chi connectivity index (χ1v) is 17.4. The topological polar surface area (TPSA) is 175 Å². The van der Waals surface area contributed by atoms with E-state index in [-0.39, 0.29) is 29.5 Å². The van der Waals surface area contributed by atoms with E-state index in [0.717, 1.165) is 30.3 Å². The Balaban J connectivity index is 1.34. The van der Waals surface area contributed by atoms with E-state index in [2.05, 4.69) is 20.6 Å². The molecule has 0 fully saturated rings.